The summed E-state index contributed by atoms with van der Waals surface area (Å²) in [7, 11) is 0. The van der Waals surface area contributed by atoms with Crippen LogP contribution in [0, 0.1) is 17.3 Å². The minimum Gasteiger partial charge on any atom is -0.299 e. The molecule has 0 saturated heterocycles. The number of hydrogen-bond donors (Lipinski definition) is 0. The van der Waals surface area contributed by atoms with Crippen LogP contribution in [-0.2, 0) is 9.59 Å². The molecule has 0 bridgehead atoms. The summed E-state index contributed by atoms with van der Waals surface area (Å²) in [5, 5.41) is 0. The van der Waals surface area contributed by atoms with Crippen molar-refractivity contribution in [1.29, 1.82) is 0 Å². The molecule has 0 aromatic rings. The number of hydrogen-bond acceptors (Lipinski definition) is 2. The lowest BCUT2D eigenvalue weighted by Gasteiger charge is -2.38. The van der Waals surface area contributed by atoms with Crippen LogP contribution in [0.2, 0.25) is 0 Å². The summed E-state index contributed by atoms with van der Waals surface area (Å²) in [5.41, 5.74) is -0.312. The smallest absolute Gasteiger partial charge is 0.146 e. The Bertz CT molecular complexity index is 228. The first-order valence-electron chi connectivity index (χ1n) is 4.43. The van der Waals surface area contributed by atoms with Crippen LogP contribution in [0.3, 0.4) is 0 Å². The van der Waals surface area contributed by atoms with E-state index in [4.69, 9.17) is 0 Å². The molecule has 12 heavy (non-hydrogen) atoms. The zero-order chi connectivity index (χ0) is 9.52. The maximum atomic E-state index is 11.5. The van der Waals surface area contributed by atoms with E-state index in [0.717, 1.165) is 0 Å². The van der Waals surface area contributed by atoms with E-state index >= 15 is 0 Å². The van der Waals surface area contributed by atoms with E-state index in [2.05, 4.69) is 0 Å². The van der Waals surface area contributed by atoms with Crippen molar-refractivity contribution < 1.29 is 9.59 Å². The Labute approximate surface area is 73.3 Å². The Morgan fingerprint density at radius 3 is 2.25 bits per heavy atom. The Balaban J connectivity index is 2.95. The molecule has 0 heterocycles. The van der Waals surface area contributed by atoms with Gasteiger partial charge in [0, 0.05) is 11.3 Å². The third-order valence-electron chi connectivity index (χ3n) is 3.45. The fourth-order valence-corrected chi connectivity index (χ4v) is 1.70. The molecule has 1 fully saturated rings. The van der Waals surface area contributed by atoms with Gasteiger partial charge in [0.2, 0.25) is 0 Å². The molecule has 1 rings (SSSR count). The van der Waals surface area contributed by atoms with Gasteiger partial charge < -0.3 is 0 Å². The molecular formula is C10H16O2. The number of rotatable bonds is 0. The van der Waals surface area contributed by atoms with E-state index in [-0.39, 0.29) is 35.2 Å². The summed E-state index contributed by atoms with van der Waals surface area (Å²) in [6, 6.07) is 0. The Kier molecular flexibility index (Phi) is 2.11. The van der Waals surface area contributed by atoms with Crippen molar-refractivity contribution in [3.05, 3.63) is 0 Å². The number of carbonyl (C=O) groups is 2. The first-order valence-corrected chi connectivity index (χ1v) is 4.43. The van der Waals surface area contributed by atoms with E-state index < -0.39 is 0 Å². The standard InChI is InChI=1S/C10H16O2/c1-6-7(2)10(3,4)9(12)5-8(6)11/h6-7H,5H2,1-4H3. The summed E-state index contributed by atoms with van der Waals surface area (Å²) in [6.45, 7) is 7.77. The van der Waals surface area contributed by atoms with E-state index in [1.807, 2.05) is 27.7 Å². The zero-order valence-electron chi connectivity index (χ0n) is 8.18. The molecule has 0 amide bonds. The van der Waals surface area contributed by atoms with Gasteiger partial charge in [-0.05, 0) is 5.92 Å². The normalized spacial score (nSPS) is 35.3. The molecule has 2 heteroatoms. The molecule has 0 spiro atoms. The Morgan fingerprint density at radius 1 is 1.25 bits per heavy atom. The SMILES string of the molecule is CC1C(=O)CC(=O)C(C)(C)C1C. The second kappa shape index (κ2) is 2.68. The molecule has 0 aromatic heterocycles. The van der Waals surface area contributed by atoms with Gasteiger partial charge in [0.1, 0.15) is 11.6 Å². The molecule has 1 aliphatic carbocycles. The molecule has 0 radical (unpaired) electrons. The van der Waals surface area contributed by atoms with Crippen LogP contribution in [0.15, 0.2) is 0 Å². The predicted octanol–water partition coefficient (Wildman–Crippen LogP) is 1.83. The van der Waals surface area contributed by atoms with Crippen molar-refractivity contribution in [2.24, 2.45) is 17.3 Å². The highest BCUT2D eigenvalue weighted by Crippen LogP contribution is 2.39. The first kappa shape index (κ1) is 9.43. The molecule has 0 N–H and O–H groups in total. The van der Waals surface area contributed by atoms with Crippen molar-refractivity contribution in [3.63, 3.8) is 0 Å². The lowest BCUT2D eigenvalue weighted by atomic mass is 9.64. The van der Waals surface area contributed by atoms with Gasteiger partial charge >= 0.3 is 0 Å². The molecule has 0 aromatic carbocycles. The predicted molar refractivity (Wildman–Crippen MR) is 46.7 cm³/mol. The zero-order valence-corrected chi connectivity index (χ0v) is 8.18. The summed E-state index contributed by atoms with van der Waals surface area (Å²) in [4.78, 5) is 22.7. The van der Waals surface area contributed by atoms with Gasteiger partial charge in [-0.1, -0.05) is 27.7 Å². The molecule has 2 nitrogen and oxygen atoms in total. The summed E-state index contributed by atoms with van der Waals surface area (Å²) in [5.74, 6) is 0.411. The maximum Gasteiger partial charge on any atom is 0.146 e. The second-order valence-corrected chi connectivity index (χ2v) is 4.37. The fraction of sp³-hybridized carbons (Fsp3) is 0.800. The van der Waals surface area contributed by atoms with Gasteiger partial charge in [-0.15, -0.1) is 0 Å². The van der Waals surface area contributed by atoms with Gasteiger partial charge in [0.25, 0.3) is 0 Å². The number of Topliss-reactive ketones (excluding diaryl/α,β-unsaturated/α-hetero) is 2. The van der Waals surface area contributed by atoms with Gasteiger partial charge in [-0.3, -0.25) is 9.59 Å². The minimum atomic E-state index is -0.312. The van der Waals surface area contributed by atoms with Crippen molar-refractivity contribution in [2.75, 3.05) is 0 Å². The Hall–Kier alpha value is -0.660. The van der Waals surface area contributed by atoms with Gasteiger partial charge in [0.15, 0.2) is 0 Å². The van der Waals surface area contributed by atoms with Crippen LogP contribution in [0.4, 0.5) is 0 Å². The van der Waals surface area contributed by atoms with Crippen LogP contribution in [0.1, 0.15) is 34.1 Å². The van der Waals surface area contributed by atoms with Crippen molar-refractivity contribution in [3.8, 4) is 0 Å². The third-order valence-corrected chi connectivity index (χ3v) is 3.45. The van der Waals surface area contributed by atoms with Crippen LogP contribution in [0.25, 0.3) is 0 Å². The summed E-state index contributed by atoms with van der Waals surface area (Å²) >= 11 is 0. The van der Waals surface area contributed by atoms with Crippen LogP contribution in [-0.4, -0.2) is 11.6 Å². The second-order valence-electron chi connectivity index (χ2n) is 4.37. The van der Waals surface area contributed by atoms with Crippen molar-refractivity contribution >= 4 is 11.6 Å². The van der Waals surface area contributed by atoms with Gasteiger partial charge in [0.05, 0.1) is 6.42 Å². The van der Waals surface area contributed by atoms with E-state index in [1.165, 1.54) is 0 Å². The average Bonchev–Trinajstić information content (AvgIpc) is 1.99. The van der Waals surface area contributed by atoms with E-state index in [0.29, 0.717) is 0 Å². The van der Waals surface area contributed by atoms with Gasteiger partial charge in [-0.2, -0.15) is 0 Å². The van der Waals surface area contributed by atoms with Crippen LogP contribution < -0.4 is 0 Å². The molecular weight excluding hydrogens is 152 g/mol. The number of carbonyl (C=O) groups excluding carboxylic acids is 2. The van der Waals surface area contributed by atoms with Crippen molar-refractivity contribution in [2.45, 2.75) is 34.1 Å². The summed E-state index contributed by atoms with van der Waals surface area (Å²) < 4.78 is 0. The highest BCUT2D eigenvalue weighted by atomic mass is 16.2. The van der Waals surface area contributed by atoms with E-state index in [9.17, 15) is 9.59 Å². The minimum absolute atomic E-state index is 0.0395. The average molecular weight is 168 g/mol. The number of ketones is 2. The first-order chi connectivity index (χ1) is 5.37. The van der Waals surface area contributed by atoms with Gasteiger partial charge in [-0.25, -0.2) is 0 Å². The Morgan fingerprint density at radius 2 is 1.75 bits per heavy atom. The molecule has 0 aliphatic heterocycles. The van der Waals surface area contributed by atoms with Crippen LogP contribution in [0.5, 0.6) is 0 Å². The summed E-state index contributed by atoms with van der Waals surface area (Å²) in [6.07, 6.45) is 0.137. The molecule has 1 saturated carbocycles. The monoisotopic (exact) mass is 168 g/mol. The maximum absolute atomic E-state index is 11.5. The topological polar surface area (TPSA) is 34.1 Å². The largest absolute Gasteiger partial charge is 0.299 e. The van der Waals surface area contributed by atoms with E-state index in [1.54, 1.807) is 0 Å². The molecule has 1 aliphatic rings. The quantitative estimate of drug-likeness (QED) is 0.517. The molecule has 2 atom stereocenters. The van der Waals surface area contributed by atoms with Crippen molar-refractivity contribution in [1.82, 2.24) is 0 Å². The highest BCUT2D eigenvalue weighted by molar-refractivity contribution is 6.05. The lowest BCUT2D eigenvalue weighted by molar-refractivity contribution is -0.143. The van der Waals surface area contributed by atoms with Crippen LogP contribution >= 0.6 is 0 Å². The molecule has 2 unspecified atom stereocenters. The highest BCUT2D eigenvalue weighted by Gasteiger charge is 2.44. The lowest BCUT2D eigenvalue weighted by Crippen LogP contribution is -2.44. The molecule has 68 valence electrons. The third kappa shape index (κ3) is 1.19. The fourth-order valence-electron chi connectivity index (χ4n) is 1.70.